The van der Waals surface area contributed by atoms with Crippen LogP contribution >= 0.6 is 0 Å². The van der Waals surface area contributed by atoms with Gasteiger partial charge in [0, 0.05) is 23.6 Å². The molecule has 2 N–H and O–H groups in total. The van der Waals surface area contributed by atoms with Crippen LogP contribution < -0.4 is 5.32 Å². The Morgan fingerprint density at radius 3 is 3.06 bits per heavy atom. The van der Waals surface area contributed by atoms with E-state index in [1.165, 1.54) is 12.1 Å². The summed E-state index contributed by atoms with van der Waals surface area (Å²) < 4.78 is 13.1. The fourth-order valence-corrected chi connectivity index (χ4v) is 1.80. The standard InChI is InChI=1S/C13H15FN2O/c1-2-5-15-13(17)6-9-8-16-12-4-3-10(14)7-11(9)12/h3-4,7-8,16H,2,5-6H2,1H3,(H,15,17). The molecule has 0 fully saturated rings. The van der Waals surface area contributed by atoms with Gasteiger partial charge in [0.1, 0.15) is 5.82 Å². The number of hydrogen-bond donors (Lipinski definition) is 2. The molecule has 0 saturated carbocycles. The van der Waals surface area contributed by atoms with Crippen LogP contribution in [-0.4, -0.2) is 17.4 Å². The van der Waals surface area contributed by atoms with Gasteiger partial charge in [0.25, 0.3) is 0 Å². The first-order valence-corrected chi connectivity index (χ1v) is 5.73. The summed E-state index contributed by atoms with van der Waals surface area (Å²) >= 11 is 0. The number of nitrogens with one attached hydrogen (secondary N) is 2. The molecule has 0 aliphatic carbocycles. The lowest BCUT2D eigenvalue weighted by atomic mass is 10.1. The normalized spacial score (nSPS) is 10.7. The van der Waals surface area contributed by atoms with Crippen LogP contribution in [0, 0.1) is 5.82 Å². The molecule has 0 saturated heterocycles. The van der Waals surface area contributed by atoms with Crippen molar-refractivity contribution in [1.29, 1.82) is 0 Å². The zero-order chi connectivity index (χ0) is 12.3. The van der Waals surface area contributed by atoms with E-state index in [9.17, 15) is 9.18 Å². The van der Waals surface area contributed by atoms with Crippen LogP contribution in [0.2, 0.25) is 0 Å². The molecule has 17 heavy (non-hydrogen) atoms. The van der Waals surface area contributed by atoms with Crippen LogP contribution in [0.4, 0.5) is 4.39 Å². The number of fused-ring (bicyclic) bond motifs is 1. The van der Waals surface area contributed by atoms with Gasteiger partial charge in [0.15, 0.2) is 0 Å². The van der Waals surface area contributed by atoms with Gasteiger partial charge >= 0.3 is 0 Å². The van der Waals surface area contributed by atoms with Crippen molar-refractivity contribution in [3.8, 4) is 0 Å². The summed E-state index contributed by atoms with van der Waals surface area (Å²) in [6.07, 6.45) is 2.95. The molecular weight excluding hydrogens is 219 g/mol. The van der Waals surface area contributed by atoms with Gasteiger partial charge in [0.2, 0.25) is 5.91 Å². The number of aromatic amines is 1. The van der Waals surface area contributed by atoms with E-state index in [2.05, 4.69) is 10.3 Å². The molecule has 1 amide bonds. The highest BCUT2D eigenvalue weighted by Gasteiger charge is 2.08. The molecule has 1 aromatic carbocycles. The number of halogens is 1. The average molecular weight is 234 g/mol. The van der Waals surface area contributed by atoms with Crippen LogP contribution in [0.25, 0.3) is 10.9 Å². The monoisotopic (exact) mass is 234 g/mol. The molecule has 0 atom stereocenters. The smallest absolute Gasteiger partial charge is 0.224 e. The number of hydrogen-bond acceptors (Lipinski definition) is 1. The Morgan fingerprint density at radius 1 is 1.47 bits per heavy atom. The van der Waals surface area contributed by atoms with Crippen LogP contribution in [0.1, 0.15) is 18.9 Å². The van der Waals surface area contributed by atoms with E-state index in [-0.39, 0.29) is 18.1 Å². The molecule has 90 valence electrons. The molecule has 0 aliphatic heterocycles. The average Bonchev–Trinajstić information content (AvgIpc) is 2.69. The van der Waals surface area contributed by atoms with Crippen molar-refractivity contribution in [1.82, 2.24) is 10.3 Å². The van der Waals surface area contributed by atoms with Gasteiger partial charge < -0.3 is 10.3 Å². The minimum Gasteiger partial charge on any atom is -0.361 e. The highest BCUT2D eigenvalue weighted by molar-refractivity contribution is 5.88. The lowest BCUT2D eigenvalue weighted by Gasteiger charge is -2.02. The van der Waals surface area contributed by atoms with E-state index >= 15 is 0 Å². The number of benzene rings is 1. The first-order chi connectivity index (χ1) is 8.20. The highest BCUT2D eigenvalue weighted by atomic mass is 19.1. The van der Waals surface area contributed by atoms with Crippen molar-refractivity contribution in [2.24, 2.45) is 0 Å². The summed E-state index contributed by atoms with van der Waals surface area (Å²) in [6, 6.07) is 4.53. The van der Waals surface area contributed by atoms with Crippen molar-refractivity contribution in [2.45, 2.75) is 19.8 Å². The van der Waals surface area contributed by atoms with E-state index in [0.717, 1.165) is 22.9 Å². The molecule has 4 heteroatoms. The topological polar surface area (TPSA) is 44.9 Å². The fourth-order valence-electron chi connectivity index (χ4n) is 1.80. The van der Waals surface area contributed by atoms with E-state index in [1.807, 2.05) is 6.92 Å². The summed E-state index contributed by atoms with van der Waals surface area (Å²) in [7, 11) is 0. The maximum atomic E-state index is 13.1. The van der Waals surface area contributed by atoms with Gasteiger partial charge in [-0.3, -0.25) is 4.79 Å². The molecule has 0 aliphatic rings. The minimum absolute atomic E-state index is 0.0305. The number of H-pyrrole nitrogens is 1. The van der Waals surface area contributed by atoms with Gasteiger partial charge in [-0.25, -0.2) is 4.39 Å². The molecule has 3 nitrogen and oxygen atoms in total. The van der Waals surface area contributed by atoms with E-state index in [0.29, 0.717) is 6.54 Å². The zero-order valence-corrected chi connectivity index (χ0v) is 9.72. The predicted octanol–water partition coefficient (Wildman–Crippen LogP) is 2.38. The molecule has 0 spiro atoms. The van der Waals surface area contributed by atoms with Crippen molar-refractivity contribution in [3.63, 3.8) is 0 Å². The largest absolute Gasteiger partial charge is 0.361 e. The Kier molecular flexibility index (Phi) is 3.42. The second kappa shape index (κ2) is 4.99. The van der Waals surface area contributed by atoms with E-state index < -0.39 is 0 Å². The molecule has 1 aromatic heterocycles. The first-order valence-electron chi connectivity index (χ1n) is 5.73. The van der Waals surface area contributed by atoms with Crippen molar-refractivity contribution in [2.75, 3.05) is 6.54 Å². The van der Waals surface area contributed by atoms with Crippen LogP contribution in [-0.2, 0) is 11.2 Å². The second-order valence-corrected chi connectivity index (χ2v) is 4.03. The molecule has 2 aromatic rings. The van der Waals surface area contributed by atoms with Crippen LogP contribution in [0.3, 0.4) is 0 Å². The third-order valence-electron chi connectivity index (χ3n) is 2.65. The predicted molar refractivity (Wildman–Crippen MR) is 65.3 cm³/mol. The minimum atomic E-state index is -0.285. The Labute approximate surface area is 99.0 Å². The molecule has 2 rings (SSSR count). The number of carbonyl (C=O) groups is 1. The summed E-state index contributed by atoms with van der Waals surface area (Å²) in [5.41, 5.74) is 1.68. The molecule has 0 bridgehead atoms. The Hall–Kier alpha value is -1.84. The highest BCUT2D eigenvalue weighted by Crippen LogP contribution is 2.19. The van der Waals surface area contributed by atoms with Crippen LogP contribution in [0.15, 0.2) is 24.4 Å². The third kappa shape index (κ3) is 2.64. The fraction of sp³-hybridized carbons (Fsp3) is 0.308. The molecule has 0 unspecified atom stereocenters. The maximum Gasteiger partial charge on any atom is 0.224 e. The molecular formula is C13H15FN2O. The van der Waals surface area contributed by atoms with Gasteiger partial charge in [0.05, 0.1) is 6.42 Å². The van der Waals surface area contributed by atoms with Crippen molar-refractivity contribution >= 4 is 16.8 Å². The lowest BCUT2D eigenvalue weighted by molar-refractivity contribution is -0.120. The molecule has 1 heterocycles. The number of aromatic nitrogens is 1. The number of carbonyl (C=O) groups excluding carboxylic acids is 1. The van der Waals surface area contributed by atoms with E-state index in [1.54, 1.807) is 12.3 Å². The van der Waals surface area contributed by atoms with Gasteiger partial charge in [-0.2, -0.15) is 0 Å². The Balaban J connectivity index is 2.18. The lowest BCUT2D eigenvalue weighted by Crippen LogP contribution is -2.25. The number of amides is 1. The SMILES string of the molecule is CCCNC(=O)Cc1c[nH]c2ccc(F)cc12. The first kappa shape index (κ1) is 11.6. The Bertz CT molecular complexity index is 533. The quantitative estimate of drug-likeness (QED) is 0.838. The van der Waals surface area contributed by atoms with Crippen molar-refractivity contribution < 1.29 is 9.18 Å². The van der Waals surface area contributed by atoms with Gasteiger partial charge in [-0.1, -0.05) is 6.92 Å². The van der Waals surface area contributed by atoms with Gasteiger partial charge in [-0.15, -0.1) is 0 Å². The summed E-state index contributed by atoms with van der Waals surface area (Å²) in [6.45, 7) is 2.68. The number of rotatable bonds is 4. The Morgan fingerprint density at radius 2 is 2.29 bits per heavy atom. The summed E-state index contributed by atoms with van der Waals surface area (Å²) in [5.74, 6) is -0.315. The maximum absolute atomic E-state index is 13.1. The van der Waals surface area contributed by atoms with Crippen molar-refractivity contribution in [3.05, 3.63) is 35.8 Å². The third-order valence-corrected chi connectivity index (χ3v) is 2.65. The second-order valence-electron chi connectivity index (χ2n) is 4.03. The van der Waals surface area contributed by atoms with E-state index in [4.69, 9.17) is 0 Å². The zero-order valence-electron chi connectivity index (χ0n) is 9.72. The summed E-state index contributed by atoms with van der Waals surface area (Å²) in [4.78, 5) is 14.6. The van der Waals surface area contributed by atoms with Gasteiger partial charge in [-0.05, 0) is 30.2 Å². The summed E-state index contributed by atoms with van der Waals surface area (Å²) in [5, 5.41) is 3.58. The molecule has 0 radical (unpaired) electrons. The van der Waals surface area contributed by atoms with Crippen LogP contribution in [0.5, 0.6) is 0 Å².